The molecule has 0 aliphatic heterocycles. The Morgan fingerprint density at radius 3 is 1.56 bits per heavy atom. The summed E-state index contributed by atoms with van der Waals surface area (Å²) in [5.41, 5.74) is 0. The van der Waals surface area contributed by atoms with Crippen LogP contribution in [0.4, 0.5) is 0 Å². The van der Waals surface area contributed by atoms with Crippen molar-refractivity contribution in [1.29, 1.82) is 0 Å². The molecule has 0 aromatic rings. The van der Waals surface area contributed by atoms with Crippen LogP contribution in [0.15, 0.2) is 72.9 Å². The molecule has 9 nitrogen and oxygen atoms in total. The van der Waals surface area contributed by atoms with Crippen molar-refractivity contribution in [2.45, 2.75) is 206 Å². The van der Waals surface area contributed by atoms with E-state index >= 15 is 0 Å². The second-order valence-corrected chi connectivity index (χ2v) is 15.5. The van der Waals surface area contributed by atoms with E-state index in [1.165, 1.54) is 77.0 Å². The highest BCUT2D eigenvalue weighted by Gasteiger charge is 2.18. The monoisotopic (exact) mass is 825 g/mol. The summed E-state index contributed by atoms with van der Waals surface area (Å²) < 4.78 is 5.91. The van der Waals surface area contributed by atoms with Crippen LogP contribution in [0.25, 0.3) is 0 Å². The topological polar surface area (TPSA) is 142 Å². The number of allylic oxidation sites excluding steroid dienone is 11. The van der Waals surface area contributed by atoms with Gasteiger partial charge in [-0.3, -0.25) is 14.4 Å². The van der Waals surface area contributed by atoms with Gasteiger partial charge < -0.3 is 25.6 Å². The van der Waals surface area contributed by atoms with Crippen LogP contribution in [0.2, 0.25) is 0 Å². The third kappa shape index (κ3) is 40.8. The maximum Gasteiger partial charge on any atom is 0.328 e. The summed E-state index contributed by atoms with van der Waals surface area (Å²) in [5, 5.41) is 22.6. The van der Waals surface area contributed by atoms with E-state index in [1.807, 2.05) is 6.08 Å². The van der Waals surface area contributed by atoms with Gasteiger partial charge in [0.05, 0.1) is 13.2 Å². The van der Waals surface area contributed by atoms with Gasteiger partial charge in [0.15, 0.2) is 0 Å². The lowest BCUT2D eigenvalue weighted by Gasteiger charge is -2.15. The Labute approximate surface area is 359 Å². The predicted molar refractivity (Wildman–Crippen MR) is 245 cm³/mol. The van der Waals surface area contributed by atoms with Crippen LogP contribution in [-0.2, 0) is 23.9 Å². The van der Waals surface area contributed by atoms with Gasteiger partial charge in [0.25, 0.3) is 0 Å². The number of aliphatic hydroxyl groups is 1. The van der Waals surface area contributed by atoms with Crippen molar-refractivity contribution in [1.82, 2.24) is 10.6 Å². The third-order valence-corrected chi connectivity index (χ3v) is 9.92. The van der Waals surface area contributed by atoms with Gasteiger partial charge in [-0.2, -0.15) is 0 Å². The Morgan fingerprint density at radius 1 is 0.542 bits per heavy atom. The van der Waals surface area contributed by atoms with E-state index in [9.17, 15) is 19.2 Å². The highest BCUT2D eigenvalue weighted by molar-refractivity contribution is 5.87. The molecule has 0 aromatic carbocycles. The quantitative estimate of drug-likeness (QED) is 0.0273. The SMILES string of the molecule is CC/C=C\C/C=C\C/C=C\C/C=C\CCCCCCCCCCCCC(=O)OC(/C=C\C/C=C\CCCCCC)CCCCCCC(=O)NCC(=O)NC(CO)C(=O)O. The molecule has 0 fully saturated rings. The molecule has 2 unspecified atom stereocenters. The molecule has 0 heterocycles. The highest BCUT2D eigenvalue weighted by atomic mass is 16.5. The van der Waals surface area contributed by atoms with Crippen LogP contribution in [0, 0.1) is 0 Å². The molecule has 0 aromatic heterocycles. The maximum atomic E-state index is 12.8. The normalized spacial score (nSPS) is 13.1. The summed E-state index contributed by atoms with van der Waals surface area (Å²) in [6.45, 7) is 3.31. The van der Waals surface area contributed by atoms with E-state index in [1.54, 1.807) is 0 Å². The number of aliphatic carboxylic acids is 1. The first-order chi connectivity index (χ1) is 28.8. The van der Waals surface area contributed by atoms with Crippen LogP contribution in [0.5, 0.6) is 0 Å². The second-order valence-electron chi connectivity index (χ2n) is 15.5. The Balaban J connectivity index is 4.22. The Morgan fingerprint density at radius 2 is 1.02 bits per heavy atom. The molecule has 0 spiro atoms. The molecule has 9 heteroatoms. The zero-order chi connectivity index (χ0) is 43.3. The number of amides is 2. The number of hydrogen-bond acceptors (Lipinski definition) is 6. The molecule has 59 heavy (non-hydrogen) atoms. The lowest BCUT2D eigenvalue weighted by Crippen LogP contribution is -2.47. The molecule has 4 N–H and O–H groups in total. The van der Waals surface area contributed by atoms with Crippen LogP contribution in [0.1, 0.15) is 194 Å². The zero-order valence-electron chi connectivity index (χ0n) is 37.2. The van der Waals surface area contributed by atoms with E-state index in [4.69, 9.17) is 14.9 Å². The van der Waals surface area contributed by atoms with Crippen molar-refractivity contribution in [3.05, 3.63) is 72.9 Å². The van der Waals surface area contributed by atoms with E-state index in [0.29, 0.717) is 12.8 Å². The average molecular weight is 825 g/mol. The van der Waals surface area contributed by atoms with Crippen molar-refractivity contribution >= 4 is 23.8 Å². The molecule has 2 atom stereocenters. The Bertz CT molecular complexity index is 1220. The van der Waals surface area contributed by atoms with Crippen LogP contribution in [0.3, 0.4) is 0 Å². The summed E-state index contributed by atoms with van der Waals surface area (Å²) >= 11 is 0. The Hall–Kier alpha value is -3.72. The van der Waals surface area contributed by atoms with Gasteiger partial charge >= 0.3 is 11.9 Å². The van der Waals surface area contributed by atoms with Crippen LogP contribution < -0.4 is 10.6 Å². The number of nitrogens with one attached hydrogen (secondary N) is 2. The number of carboxylic acids is 1. The van der Waals surface area contributed by atoms with Gasteiger partial charge in [0, 0.05) is 12.8 Å². The number of esters is 1. The third-order valence-electron chi connectivity index (χ3n) is 9.92. The van der Waals surface area contributed by atoms with Gasteiger partial charge in [-0.1, -0.05) is 164 Å². The van der Waals surface area contributed by atoms with Crippen LogP contribution >= 0.6 is 0 Å². The fourth-order valence-corrected chi connectivity index (χ4v) is 6.36. The molecule has 0 radical (unpaired) electrons. The van der Waals surface area contributed by atoms with Crippen molar-refractivity contribution in [2.24, 2.45) is 0 Å². The van der Waals surface area contributed by atoms with Gasteiger partial charge in [-0.15, -0.1) is 0 Å². The molecule has 0 rings (SSSR count). The molecule has 0 bridgehead atoms. The fourth-order valence-electron chi connectivity index (χ4n) is 6.36. The molecule has 336 valence electrons. The molecule has 0 saturated carbocycles. The zero-order valence-corrected chi connectivity index (χ0v) is 37.2. The molecule has 0 aliphatic rings. The van der Waals surface area contributed by atoms with E-state index in [0.717, 1.165) is 83.5 Å². The number of carbonyl (C=O) groups excluding carboxylic acids is 3. The lowest BCUT2D eigenvalue weighted by molar-refractivity contribution is -0.147. The van der Waals surface area contributed by atoms with Gasteiger partial charge in [-0.05, 0) is 89.5 Å². The molecule has 0 saturated heterocycles. The largest absolute Gasteiger partial charge is 0.480 e. The minimum atomic E-state index is -1.40. The Kier molecular flexibility index (Phi) is 41.1. The molecule has 0 aliphatic carbocycles. The summed E-state index contributed by atoms with van der Waals surface area (Å²) in [7, 11) is 0. The van der Waals surface area contributed by atoms with Crippen molar-refractivity contribution in [2.75, 3.05) is 13.2 Å². The molecular formula is C50H84N2O7. The summed E-state index contributed by atoms with van der Waals surface area (Å²) in [6.07, 6.45) is 55.3. The highest BCUT2D eigenvalue weighted by Crippen LogP contribution is 2.15. The molecule has 2 amide bonds. The summed E-state index contributed by atoms with van der Waals surface area (Å²) in [4.78, 5) is 47.6. The minimum absolute atomic E-state index is 0.134. The molecular weight excluding hydrogens is 741 g/mol. The summed E-state index contributed by atoms with van der Waals surface area (Å²) in [6, 6.07) is -1.40. The second kappa shape index (κ2) is 43.8. The number of hydrogen-bond donors (Lipinski definition) is 4. The maximum absolute atomic E-state index is 12.8. The first-order valence-corrected chi connectivity index (χ1v) is 23.3. The standard InChI is InChI=1S/C50H84N2O7/c1-3-5-7-9-11-13-14-15-16-17-18-19-20-21-22-23-24-25-26-28-30-32-38-42-49(56)59-45(39-35-31-29-27-12-10-8-6-4-2)40-36-33-34-37-41-47(54)51-43-48(55)52-46(44-53)50(57)58/h5,7,11,13,15-16,18-19,27,29,35,39,45-46,53H,3-4,6,8-10,12,14,17,20-26,28,30-34,36-38,40-44H2,1-2H3,(H,51,54)(H,52,55)(H,57,58)/b7-5-,13-11-,16-15-,19-18-,29-27-,39-35-. The number of carboxylic acid groups (broad SMARTS) is 1. The number of ether oxygens (including phenoxy) is 1. The van der Waals surface area contributed by atoms with Crippen molar-refractivity contribution in [3.8, 4) is 0 Å². The van der Waals surface area contributed by atoms with Crippen molar-refractivity contribution in [3.63, 3.8) is 0 Å². The first-order valence-electron chi connectivity index (χ1n) is 23.3. The van der Waals surface area contributed by atoms with Crippen LogP contribution in [-0.4, -0.2) is 59.3 Å². The number of aliphatic hydroxyl groups excluding tert-OH is 1. The van der Waals surface area contributed by atoms with Gasteiger partial charge in [-0.25, -0.2) is 4.79 Å². The lowest BCUT2D eigenvalue weighted by atomic mass is 10.0. The van der Waals surface area contributed by atoms with E-state index in [-0.39, 0.29) is 30.9 Å². The smallest absolute Gasteiger partial charge is 0.328 e. The first kappa shape index (κ1) is 55.3. The predicted octanol–water partition coefficient (Wildman–Crippen LogP) is 11.9. The minimum Gasteiger partial charge on any atom is -0.480 e. The summed E-state index contributed by atoms with van der Waals surface area (Å²) in [5.74, 6) is -2.43. The van der Waals surface area contributed by atoms with Gasteiger partial charge in [0.2, 0.25) is 11.8 Å². The average Bonchev–Trinajstić information content (AvgIpc) is 3.22. The number of unbranched alkanes of at least 4 members (excludes halogenated alkanes) is 17. The number of carbonyl (C=O) groups is 4. The fraction of sp³-hybridized carbons (Fsp3) is 0.680. The number of rotatable bonds is 41. The van der Waals surface area contributed by atoms with Crippen molar-refractivity contribution < 1.29 is 34.1 Å². The van der Waals surface area contributed by atoms with E-state index < -0.39 is 24.5 Å². The van der Waals surface area contributed by atoms with Gasteiger partial charge in [0.1, 0.15) is 12.1 Å². The van der Waals surface area contributed by atoms with E-state index in [2.05, 4.69) is 91.3 Å².